The van der Waals surface area contributed by atoms with Crippen molar-refractivity contribution in [1.29, 1.82) is 0 Å². The van der Waals surface area contributed by atoms with Crippen molar-refractivity contribution in [3.05, 3.63) is 60.4 Å². The van der Waals surface area contributed by atoms with Crippen LogP contribution in [-0.4, -0.2) is 62.5 Å². The number of nitrogens with zero attached hydrogens (tertiary/aromatic N) is 3. The Kier molecular flexibility index (Phi) is 6.73. The summed E-state index contributed by atoms with van der Waals surface area (Å²) in [5, 5.41) is 4.84. The van der Waals surface area contributed by atoms with Crippen LogP contribution in [0.25, 0.3) is 10.8 Å². The van der Waals surface area contributed by atoms with E-state index in [1.165, 1.54) is 12.1 Å². The highest BCUT2D eigenvalue weighted by molar-refractivity contribution is 7.89. The zero-order chi connectivity index (χ0) is 24.4. The fourth-order valence-electron chi connectivity index (χ4n) is 4.90. The molecule has 1 amide bonds. The third-order valence-corrected chi connectivity index (χ3v) is 8.89. The zero-order valence-electron chi connectivity index (χ0n) is 19.8. The summed E-state index contributed by atoms with van der Waals surface area (Å²) in [6, 6.07) is 12.0. The molecule has 1 aromatic heterocycles. The second-order valence-electron chi connectivity index (χ2n) is 9.09. The van der Waals surface area contributed by atoms with Gasteiger partial charge in [0.2, 0.25) is 10.0 Å². The summed E-state index contributed by atoms with van der Waals surface area (Å²) >= 11 is 0. The number of nitrogens with one attached hydrogen (secondary N) is 1. The van der Waals surface area contributed by atoms with Crippen molar-refractivity contribution in [1.82, 2.24) is 9.29 Å². The Labute approximate surface area is 205 Å². The van der Waals surface area contributed by atoms with Crippen molar-refractivity contribution in [2.24, 2.45) is 0 Å². The third kappa shape index (κ3) is 4.76. The Balaban J connectivity index is 1.37. The molecule has 9 heteroatoms. The third-order valence-electron chi connectivity index (χ3n) is 6.86. The molecular weight excluding hydrogens is 464 g/mol. The Morgan fingerprint density at radius 2 is 1.77 bits per heavy atom. The quantitative estimate of drug-likeness (QED) is 0.579. The van der Waals surface area contributed by atoms with Crippen molar-refractivity contribution >= 4 is 38.1 Å². The van der Waals surface area contributed by atoms with Crippen LogP contribution in [0.3, 0.4) is 0 Å². The van der Waals surface area contributed by atoms with Crippen molar-refractivity contribution in [2.75, 3.05) is 43.1 Å². The molecule has 0 saturated carbocycles. The molecule has 184 valence electrons. The maximum absolute atomic E-state index is 13.1. The van der Waals surface area contributed by atoms with Crippen molar-refractivity contribution < 1.29 is 17.9 Å². The van der Waals surface area contributed by atoms with Gasteiger partial charge in [-0.1, -0.05) is 6.42 Å². The molecule has 3 aromatic rings. The Morgan fingerprint density at radius 1 is 1.00 bits per heavy atom. The first-order valence-electron chi connectivity index (χ1n) is 12.1. The summed E-state index contributed by atoms with van der Waals surface area (Å²) in [5.41, 5.74) is 2.14. The van der Waals surface area contributed by atoms with Crippen LogP contribution in [0.2, 0.25) is 0 Å². The van der Waals surface area contributed by atoms with E-state index in [0.717, 1.165) is 48.8 Å². The van der Waals surface area contributed by atoms with E-state index in [0.29, 0.717) is 31.0 Å². The largest absolute Gasteiger partial charge is 0.378 e. The van der Waals surface area contributed by atoms with E-state index >= 15 is 0 Å². The van der Waals surface area contributed by atoms with Gasteiger partial charge in [-0.25, -0.2) is 8.42 Å². The van der Waals surface area contributed by atoms with Crippen LogP contribution in [0.4, 0.5) is 11.4 Å². The maximum atomic E-state index is 13.1. The van der Waals surface area contributed by atoms with E-state index in [2.05, 4.69) is 15.2 Å². The van der Waals surface area contributed by atoms with E-state index < -0.39 is 10.0 Å². The molecule has 8 nitrogen and oxygen atoms in total. The lowest BCUT2D eigenvalue weighted by atomic mass is 10.1. The number of hydrogen-bond donors (Lipinski definition) is 1. The highest BCUT2D eigenvalue weighted by atomic mass is 32.2. The number of amides is 1. The van der Waals surface area contributed by atoms with E-state index in [4.69, 9.17) is 4.74 Å². The van der Waals surface area contributed by atoms with Gasteiger partial charge >= 0.3 is 0 Å². The molecule has 0 bridgehead atoms. The lowest BCUT2D eigenvalue weighted by Gasteiger charge is -2.32. The van der Waals surface area contributed by atoms with Crippen LogP contribution in [0.1, 0.15) is 36.5 Å². The molecule has 2 fully saturated rings. The molecule has 1 atom stereocenters. The topological polar surface area (TPSA) is 91.8 Å². The summed E-state index contributed by atoms with van der Waals surface area (Å²) in [6.45, 7) is 5.49. The van der Waals surface area contributed by atoms with E-state index in [-0.39, 0.29) is 16.8 Å². The standard InChI is InChI=1S/C26H30N4O4S/c1-19-4-2-3-13-30(19)35(32,33)21-7-5-20(6-8-21)26(31)28-24-9-10-25(29-14-16-34-17-15-29)22-11-12-27-18-23(22)24/h5-12,18-19H,2-4,13-17H2,1H3,(H,28,31). The molecule has 2 aliphatic rings. The highest BCUT2D eigenvalue weighted by Gasteiger charge is 2.31. The number of pyridine rings is 1. The van der Waals surface area contributed by atoms with Gasteiger partial charge in [0, 0.05) is 60.1 Å². The molecule has 0 spiro atoms. The summed E-state index contributed by atoms with van der Waals surface area (Å²) < 4.78 is 33.2. The smallest absolute Gasteiger partial charge is 0.255 e. The lowest BCUT2D eigenvalue weighted by Crippen LogP contribution is -2.41. The molecule has 0 radical (unpaired) electrons. The Bertz CT molecular complexity index is 1320. The molecule has 2 saturated heterocycles. The Morgan fingerprint density at radius 3 is 2.51 bits per heavy atom. The van der Waals surface area contributed by atoms with E-state index in [1.54, 1.807) is 28.8 Å². The average Bonchev–Trinajstić information content (AvgIpc) is 2.89. The van der Waals surface area contributed by atoms with Crippen molar-refractivity contribution in [3.63, 3.8) is 0 Å². The van der Waals surface area contributed by atoms with Crippen molar-refractivity contribution in [2.45, 2.75) is 37.1 Å². The Hall–Kier alpha value is -3.01. The number of rotatable bonds is 5. The summed E-state index contributed by atoms with van der Waals surface area (Å²) in [5.74, 6) is -0.301. The normalized spacial score (nSPS) is 19.6. The molecule has 2 aromatic carbocycles. The summed E-state index contributed by atoms with van der Waals surface area (Å²) in [6.07, 6.45) is 6.29. The fraction of sp³-hybridized carbons (Fsp3) is 0.385. The van der Waals surface area contributed by atoms with Gasteiger partial charge in [-0.05, 0) is 62.2 Å². The van der Waals surface area contributed by atoms with Gasteiger partial charge in [0.15, 0.2) is 0 Å². The van der Waals surface area contributed by atoms with E-state index in [1.807, 2.05) is 25.1 Å². The summed E-state index contributed by atoms with van der Waals surface area (Å²) in [7, 11) is -3.58. The number of anilines is 2. The molecule has 3 heterocycles. The molecule has 1 unspecified atom stereocenters. The second-order valence-corrected chi connectivity index (χ2v) is 11.0. The highest BCUT2D eigenvalue weighted by Crippen LogP contribution is 2.33. The number of carbonyl (C=O) groups is 1. The van der Waals surface area contributed by atoms with Crippen LogP contribution in [0, 0.1) is 0 Å². The first-order valence-corrected chi connectivity index (χ1v) is 13.5. The number of piperidine rings is 1. The SMILES string of the molecule is CC1CCCCN1S(=O)(=O)c1ccc(C(=O)Nc2ccc(N3CCOCC3)c3ccncc23)cc1. The van der Waals surface area contributed by atoms with Crippen LogP contribution in [-0.2, 0) is 14.8 Å². The number of ether oxygens (including phenoxy) is 1. The number of aromatic nitrogens is 1. The average molecular weight is 495 g/mol. The molecule has 1 N–H and O–H groups in total. The number of sulfonamides is 1. The van der Waals surface area contributed by atoms with Gasteiger partial charge in [-0.3, -0.25) is 9.78 Å². The van der Waals surface area contributed by atoms with Crippen LogP contribution in [0.5, 0.6) is 0 Å². The minimum atomic E-state index is -3.58. The maximum Gasteiger partial charge on any atom is 0.255 e. The number of hydrogen-bond acceptors (Lipinski definition) is 6. The molecular formula is C26H30N4O4S. The summed E-state index contributed by atoms with van der Waals surface area (Å²) in [4.78, 5) is 19.8. The minimum Gasteiger partial charge on any atom is -0.378 e. The van der Waals surface area contributed by atoms with E-state index in [9.17, 15) is 13.2 Å². The van der Waals surface area contributed by atoms with Gasteiger partial charge < -0.3 is 15.0 Å². The first-order chi connectivity index (χ1) is 16.9. The van der Waals surface area contributed by atoms with Crippen LogP contribution >= 0.6 is 0 Å². The number of carbonyl (C=O) groups excluding carboxylic acids is 1. The first kappa shape index (κ1) is 23.7. The molecule has 0 aliphatic carbocycles. The van der Waals surface area contributed by atoms with Gasteiger partial charge in [0.25, 0.3) is 5.91 Å². The predicted octanol–water partition coefficient (Wildman–Crippen LogP) is 3.89. The van der Waals surface area contributed by atoms with Gasteiger partial charge in [-0.15, -0.1) is 0 Å². The van der Waals surface area contributed by atoms with Gasteiger partial charge in [0.1, 0.15) is 0 Å². The predicted molar refractivity (Wildman–Crippen MR) is 136 cm³/mol. The lowest BCUT2D eigenvalue weighted by molar-refractivity contribution is 0.102. The second kappa shape index (κ2) is 9.93. The molecule has 2 aliphatic heterocycles. The molecule has 5 rings (SSSR count). The number of morpholine rings is 1. The number of benzene rings is 2. The van der Waals surface area contributed by atoms with Gasteiger partial charge in [0.05, 0.1) is 23.8 Å². The van der Waals surface area contributed by atoms with Crippen LogP contribution < -0.4 is 10.2 Å². The fourth-order valence-corrected chi connectivity index (χ4v) is 6.60. The minimum absolute atomic E-state index is 0.0148. The van der Waals surface area contributed by atoms with Crippen molar-refractivity contribution in [3.8, 4) is 0 Å². The van der Waals surface area contributed by atoms with Gasteiger partial charge in [-0.2, -0.15) is 4.31 Å². The van der Waals surface area contributed by atoms with Crippen LogP contribution in [0.15, 0.2) is 59.8 Å². The monoisotopic (exact) mass is 494 g/mol. The zero-order valence-corrected chi connectivity index (χ0v) is 20.6. The molecule has 35 heavy (non-hydrogen) atoms. The number of fused-ring (bicyclic) bond motifs is 1.